The molecule has 3 N–H and O–H groups in total. The summed E-state index contributed by atoms with van der Waals surface area (Å²) in [6.45, 7) is 4.05. The molecule has 0 bridgehead atoms. The van der Waals surface area contributed by atoms with Crippen LogP contribution in [0.2, 0.25) is 0 Å². The van der Waals surface area contributed by atoms with Gasteiger partial charge in [0.15, 0.2) is 0 Å². The van der Waals surface area contributed by atoms with E-state index in [0.29, 0.717) is 11.3 Å². The van der Waals surface area contributed by atoms with Crippen LogP contribution in [0.1, 0.15) is 19.4 Å². The summed E-state index contributed by atoms with van der Waals surface area (Å²) in [5, 5.41) is 9.62. The van der Waals surface area contributed by atoms with Crippen LogP contribution in [-0.2, 0) is 11.3 Å². The molecule has 0 aromatic heterocycles. The van der Waals surface area contributed by atoms with E-state index in [2.05, 4.69) is 0 Å². The van der Waals surface area contributed by atoms with Gasteiger partial charge in [-0.1, -0.05) is 6.07 Å². The summed E-state index contributed by atoms with van der Waals surface area (Å²) in [7, 11) is 0. The van der Waals surface area contributed by atoms with Gasteiger partial charge in [-0.05, 0) is 26.0 Å². The van der Waals surface area contributed by atoms with Gasteiger partial charge in [-0.2, -0.15) is 0 Å². The Hall–Kier alpha value is -1.17. The zero-order valence-corrected chi connectivity index (χ0v) is 10.7. The molecule has 0 aliphatic rings. The van der Waals surface area contributed by atoms with Crippen LogP contribution in [-0.4, -0.2) is 30.5 Å². The third kappa shape index (κ3) is 4.60. The first-order valence-corrected chi connectivity index (χ1v) is 5.94. The maximum atomic E-state index is 13.4. The molecule has 102 valence electrons. The zero-order chi connectivity index (χ0) is 13.5. The van der Waals surface area contributed by atoms with Gasteiger partial charge in [0.05, 0.1) is 12.7 Å². The van der Waals surface area contributed by atoms with E-state index in [0.717, 1.165) is 0 Å². The van der Waals surface area contributed by atoms with Crippen LogP contribution in [0.4, 0.5) is 4.39 Å². The lowest BCUT2D eigenvalue weighted by molar-refractivity contribution is -0.0124. The molecule has 1 unspecified atom stereocenters. The Bertz CT molecular complexity index is 371. The number of aliphatic hydroxyl groups is 1. The fraction of sp³-hybridized carbons (Fsp3) is 0.538. The Morgan fingerprint density at radius 3 is 2.67 bits per heavy atom. The SMILES string of the molecule is CC(C)OCC(O)COc1cccc(F)c1CN. The van der Waals surface area contributed by atoms with Crippen molar-refractivity contribution in [2.24, 2.45) is 5.73 Å². The molecule has 1 rings (SSSR count). The monoisotopic (exact) mass is 257 g/mol. The van der Waals surface area contributed by atoms with Crippen LogP contribution in [0.5, 0.6) is 5.75 Å². The highest BCUT2D eigenvalue weighted by molar-refractivity contribution is 5.34. The van der Waals surface area contributed by atoms with Crippen molar-refractivity contribution in [2.45, 2.75) is 32.6 Å². The normalized spacial score (nSPS) is 12.8. The summed E-state index contributed by atoms with van der Waals surface area (Å²) in [6, 6.07) is 4.50. The Balaban J connectivity index is 2.50. The number of hydrogen-bond donors (Lipinski definition) is 2. The third-order valence-corrected chi connectivity index (χ3v) is 2.33. The van der Waals surface area contributed by atoms with Crippen LogP contribution in [0, 0.1) is 5.82 Å². The van der Waals surface area contributed by atoms with Crippen molar-refractivity contribution >= 4 is 0 Å². The van der Waals surface area contributed by atoms with Gasteiger partial charge in [0.1, 0.15) is 24.3 Å². The number of rotatable bonds is 7. The second-order valence-electron chi connectivity index (χ2n) is 4.27. The Morgan fingerprint density at radius 2 is 2.06 bits per heavy atom. The standard InChI is InChI=1S/C13H20FNO3/c1-9(2)17-7-10(16)8-18-13-5-3-4-12(14)11(13)6-15/h3-5,9-10,16H,6-8,15H2,1-2H3. The lowest BCUT2D eigenvalue weighted by Gasteiger charge is -2.16. The van der Waals surface area contributed by atoms with E-state index in [1.165, 1.54) is 6.07 Å². The number of nitrogens with two attached hydrogens (primary N) is 1. The number of aliphatic hydroxyl groups excluding tert-OH is 1. The first-order valence-electron chi connectivity index (χ1n) is 5.94. The average Bonchev–Trinajstić information content (AvgIpc) is 2.33. The van der Waals surface area contributed by atoms with Gasteiger partial charge < -0.3 is 20.3 Å². The molecule has 4 nitrogen and oxygen atoms in total. The van der Waals surface area contributed by atoms with E-state index in [9.17, 15) is 9.50 Å². The van der Waals surface area contributed by atoms with Gasteiger partial charge in [-0.25, -0.2) is 4.39 Å². The summed E-state index contributed by atoms with van der Waals surface area (Å²) >= 11 is 0. The fourth-order valence-electron chi connectivity index (χ4n) is 1.41. The predicted molar refractivity (Wildman–Crippen MR) is 66.9 cm³/mol. The van der Waals surface area contributed by atoms with Crippen molar-refractivity contribution < 1.29 is 19.0 Å². The summed E-state index contributed by atoms with van der Waals surface area (Å²) in [5.41, 5.74) is 5.76. The molecule has 1 atom stereocenters. The van der Waals surface area contributed by atoms with E-state index in [1.54, 1.807) is 12.1 Å². The highest BCUT2D eigenvalue weighted by atomic mass is 19.1. The van der Waals surface area contributed by atoms with Crippen LogP contribution in [0.25, 0.3) is 0 Å². The first kappa shape index (κ1) is 14.9. The largest absolute Gasteiger partial charge is 0.490 e. The van der Waals surface area contributed by atoms with E-state index < -0.39 is 11.9 Å². The fourth-order valence-corrected chi connectivity index (χ4v) is 1.41. The molecular weight excluding hydrogens is 237 g/mol. The van der Waals surface area contributed by atoms with Crippen molar-refractivity contribution in [3.05, 3.63) is 29.6 Å². The van der Waals surface area contributed by atoms with Crippen LogP contribution < -0.4 is 10.5 Å². The second-order valence-corrected chi connectivity index (χ2v) is 4.27. The Morgan fingerprint density at radius 1 is 1.33 bits per heavy atom. The van der Waals surface area contributed by atoms with Gasteiger partial charge in [0, 0.05) is 12.1 Å². The number of benzene rings is 1. The van der Waals surface area contributed by atoms with Crippen molar-refractivity contribution in [1.82, 2.24) is 0 Å². The molecular formula is C13H20FNO3. The van der Waals surface area contributed by atoms with Gasteiger partial charge in [-0.15, -0.1) is 0 Å². The smallest absolute Gasteiger partial charge is 0.131 e. The van der Waals surface area contributed by atoms with Crippen LogP contribution >= 0.6 is 0 Å². The van der Waals surface area contributed by atoms with Gasteiger partial charge in [0.25, 0.3) is 0 Å². The zero-order valence-electron chi connectivity index (χ0n) is 10.7. The average molecular weight is 257 g/mol. The molecule has 0 saturated carbocycles. The van der Waals surface area contributed by atoms with E-state index >= 15 is 0 Å². The maximum absolute atomic E-state index is 13.4. The quantitative estimate of drug-likeness (QED) is 0.776. The first-order chi connectivity index (χ1) is 8.54. The topological polar surface area (TPSA) is 64.7 Å². The van der Waals surface area contributed by atoms with Crippen molar-refractivity contribution in [1.29, 1.82) is 0 Å². The van der Waals surface area contributed by atoms with Gasteiger partial charge in [0.2, 0.25) is 0 Å². The lowest BCUT2D eigenvalue weighted by atomic mass is 10.2. The minimum atomic E-state index is -0.749. The van der Waals surface area contributed by atoms with Crippen molar-refractivity contribution in [3.8, 4) is 5.75 Å². The molecule has 0 saturated heterocycles. The molecule has 1 aromatic carbocycles. The molecule has 0 spiro atoms. The molecule has 1 aromatic rings. The molecule has 0 radical (unpaired) electrons. The summed E-state index contributed by atoms with van der Waals surface area (Å²) in [5.74, 6) is -0.0379. The number of halogens is 1. The van der Waals surface area contributed by atoms with Crippen LogP contribution in [0.3, 0.4) is 0 Å². The lowest BCUT2D eigenvalue weighted by Crippen LogP contribution is -2.25. The summed E-state index contributed by atoms with van der Waals surface area (Å²) in [4.78, 5) is 0. The number of ether oxygens (including phenoxy) is 2. The molecule has 0 amide bonds. The third-order valence-electron chi connectivity index (χ3n) is 2.33. The minimum absolute atomic E-state index is 0.0448. The van der Waals surface area contributed by atoms with Gasteiger partial charge >= 0.3 is 0 Å². The molecule has 0 fully saturated rings. The van der Waals surface area contributed by atoms with E-state index in [-0.39, 0.29) is 25.9 Å². The van der Waals surface area contributed by atoms with Crippen LogP contribution in [0.15, 0.2) is 18.2 Å². The van der Waals surface area contributed by atoms with Gasteiger partial charge in [-0.3, -0.25) is 0 Å². The van der Waals surface area contributed by atoms with Crippen molar-refractivity contribution in [3.63, 3.8) is 0 Å². The van der Waals surface area contributed by atoms with E-state index in [1.807, 2.05) is 13.8 Å². The highest BCUT2D eigenvalue weighted by Crippen LogP contribution is 2.20. The molecule has 0 aliphatic heterocycles. The molecule has 5 heteroatoms. The minimum Gasteiger partial charge on any atom is -0.490 e. The molecule has 18 heavy (non-hydrogen) atoms. The summed E-state index contributed by atoms with van der Waals surface area (Å²) < 4.78 is 24.0. The second kappa shape index (κ2) is 7.31. The maximum Gasteiger partial charge on any atom is 0.131 e. The Labute approximate surface area is 107 Å². The Kier molecular flexibility index (Phi) is 6.04. The van der Waals surface area contributed by atoms with E-state index in [4.69, 9.17) is 15.2 Å². The predicted octanol–water partition coefficient (Wildman–Crippen LogP) is 1.45. The summed E-state index contributed by atoms with van der Waals surface area (Å²) in [6.07, 6.45) is -0.699. The molecule has 0 heterocycles. The van der Waals surface area contributed by atoms with Crippen molar-refractivity contribution in [2.75, 3.05) is 13.2 Å². The highest BCUT2D eigenvalue weighted by Gasteiger charge is 2.11. The molecule has 0 aliphatic carbocycles. The number of hydrogen-bond acceptors (Lipinski definition) is 4.